The van der Waals surface area contributed by atoms with Crippen molar-refractivity contribution in [3.8, 4) is 11.5 Å². The summed E-state index contributed by atoms with van der Waals surface area (Å²) in [7, 11) is 3.21. The third-order valence-electron chi connectivity index (χ3n) is 3.72. The first-order valence-electron chi connectivity index (χ1n) is 7.76. The molecule has 0 saturated heterocycles. The highest BCUT2D eigenvalue weighted by Crippen LogP contribution is 2.28. The minimum atomic E-state index is 0. The van der Waals surface area contributed by atoms with E-state index in [-0.39, 0.29) is 24.0 Å². The quantitative estimate of drug-likeness (QED) is 0.285. The van der Waals surface area contributed by atoms with Crippen molar-refractivity contribution in [1.82, 2.24) is 5.16 Å². The number of rotatable bonds is 7. The van der Waals surface area contributed by atoms with Gasteiger partial charge in [0.25, 0.3) is 0 Å². The zero-order valence-electron chi connectivity index (χ0n) is 15.0. The van der Waals surface area contributed by atoms with Crippen molar-refractivity contribution in [3.05, 3.63) is 35.2 Å². The molecular formula is C17H25IN4O3. The zero-order valence-corrected chi connectivity index (χ0v) is 17.3. The number of hydrogen-bond acceptors (Lipinski definition) is 5. The second-order valence-corrected chi connectivity index (χ2v) is 5.36. The molecule has 2 rings (SSSR count). The van der Waals surface area contributed by atoms with Gasteiger partial charge in [-0.3, -0.25) is 4.99 Å². The van der Waals surface area contributed by atoms with Crippen LogP contribution in [0, 0.1) is 13.8 Å². The van der Waals surface area contributed by atoms with Crippen LogP contribution < -0.4 is 20.5 Å². The van der Waals surface area contributed by atoms with Gasteiger partial charge in [0.05, 0.1) is 25.6 Å². The Balaban J connectivity index is 0.00000312. The van der Waals surface area contributed by atoms with Crippen LogP contribution in [0.15, 0.2) is 27.7 Å². The Kier molecular flexibility index (Phi) is 8.53. The number of aryl methyl sites for hydroxylation is 2. The number of nitrogens with zero attached hydrogens (tertiary/aromatic N) is 2. The van der Waals surface area contributed by atoms with Crippen LogP contribution in [0.1, 0.15) is 23.4 Å². The molecule has 0 amide bonds. The second kappa shape index (κ2) is 10.1. The van der Waals surface area contributed by atoms with E-state index in [9.17, 15) is 0 Å². The summed E-state index contributed by atoms with van der Waals surface area (Å²) in [5.41, 5.74) is 8.74. The Hall–Kier alpha value is -1.97. The molecule has 0 unspecified atom stereocenters. The topological polar surface area (TPSA) is 94.9 Å². The molecule has 0 aliphatic carbocycles. The van der Waals surface area contributed by atoms with Crippen molar-refractivity contribution in [2.24, 2.45) is 10.7 Å². The summed E-state index contributed by atoms with van der Waals surface area (Å²) in [6.45, 7) is 4.47. The van der Waals surface area contributed by atoms with Gasteiger partial charge in [-0.1, -0.05) is 5.16 Å². The first kappa shape index (κ1) is 21.1. The molecule has 1 aromatic carbocycles. The van der Waals surface area contributed by atoms with Crippen molar-refractivity contribution < 1.29 is 14.0 Å². The Morgan fingerprint density at radius 1 is 1.28 bits per heavy atom. The van der Waals surface area contributed by atoms with Crippen LogP contribution in [0.2, 0.25) is 0 Å². The largest absolute Gasteiger partial charge is 0.497 e. The Labute approximate surface area is 165 Å². The van der Waals surface area contributed by atoms with Crippen LogP contribution in [-0.4, -0.2) is 31.9 Å². The van der Waals surface area contributed by atoms with Crippen LogP contribution in [0.5, 0.6) is 11.5 Å². The highest BCUT2D eigenvalue weighted by Gasteiger charge is 2.08. The molecule has 0 aliphatic rings. The number of hydrogen-bond donors (Lipinski definition) is 2. The summed E-state index contributed by atoms with van der Waals surface area (Å²) >= 11 is 0. The Morgan fingerprint density at radius 2 is 2.04 bits per heavy atom. The third kappa shape index (κ3) is 5.80. The van der Waals surface area contributed by atoms with E-state index in [4.69, 9.17) is 19.7 Å². The van der Waals surface area contributed by atoms with Crippen LogP contribution in [0.25, 0.3) is 0 Å². The number of nitrogens with one attached hydrogen (secondary N) is 1. The fourth-order valence-electron chi connectivity index (χ4n) is 2.40. The fraction of sp³-hybridized carbons (Fsp3) is 0.412. The Morgan fingerprint density at radius 3 is 2.64 bits per heavy atom. The number of anilines is 1. The molecule has 138 valence electrons. The van der Waals surface area contributed by atoms with Crippen molar-refractivity contribution in [3.63, 3.8) is 0 Å². The normalized spacial score (nSPS) is 11.0. The number of ether oxygens (including phenoxy) is 2. The molecule has 0 bridgehead atoms. The molecule has 1 heterocycles. The van der Waals surface area contributed by atoms with Gasteiger partial charge in [0.15, 0.2) is 5.96 Å². The van der Waals surface area contributed by atoms with E-state index in [1.54, 1.807) is 14.2 Å². The molecule has 0 fully saturated rings. The minimum Gasteiger partial charge on any atom is -0.497 e. The van der Waals surface area contributed by atoms with Crippen LogP contribution >= 0.6 is 24.0 Å². The lowest BCUT2D eigenvalue weighted by molar-refractivity contribution is 0.392. The molecule has 0 aliphatic heterocycles. The van der Waals surface area contributed by atoms with Gasteiger partial charge < -0.3 is 25.0 Å². The summed E-state index contributed by atoms with van der Waals surface area (Å²) in [6, 6.07) is 5.44. The smallest absolute Gasteiger partial charge is 0.193 e. The number of guanidine groups is 1. The van der Waals surface area contributed by atoms with E-state index in [1.165, 1.54) is 0 Å². The van der Waals surface area contributed by atoms with Gasteiger partial charge in [-0.15, -0.1) is 24.0 Å². The number of aromatic nitrogens is 1. The van der Waals surface area contributed by atoms with Crippen molar-refractivity contribution in [2.75, 3.05) is 26.1 Å². The number of benzene rings is 1. The lowest BCUT2D eigenvalue weighted by Crippen LogP contribution is -2.23. The lowest BCUT2D eigenvalue weighted by Gasteiger charge is -2.12. The van der Waals surface area contributed by atoms with E-state index in [0.29, 0.717) is 29.7 Å². The number of methoxy groups -OCH3 is 2. The van der Waals surface area contributed by atoms with Crippen molar-refractivity contribution in [1.29, 1.82) is 0 Å². The molecule has 8 heteroatoms. The standard InChI is InChI=1S/C17H24N4O3.HI/c1-11-14(12(2)24-21-11)6-5-9-19-17(18)20-15-10-13(22-3)7-8-16(15)23-4;/h7-8,10H,5-6,9H2,1-4H3,(H3,18,19,20);1H. The minimum absolute atomic E-state index is 0. The lowest BCUT2D eigenvalue weighted by atomic mass is 10.1. The molecule has 0 radical (unpaired) electrons. The molecule has 0 saturated carbocycles. The first-order chi connectivity index (χ1) is 11.5. The highest BCUT2D eigenvalue weighted by atomic mass is 127. The van der Waals surface area contributed by atoms with Gasteiger partial charge >= 0.3 is 0 Å². The van der Waals surface area contributed by atoms with Gasteiger partial charge in [-0.2, -0.15) is 0 Å². The van der Waals surface area contributed by atoms with Crippen molar-refractivity contribution >= 4 is 35.6 Å². The van der Waals surface area contributed by atoms with E-state index in [1.807, 2.05) is 32.0 Å². The monoisotopic (exact) mass is 460 g/mol. The van der Waals surface area contributed by atoms with E-state index >= 15 is 0 Å². The number of halogens is 1. The Bertz CT molecular complexity index is 696. The highest BCUT2D eigenvalue weighted by molar-refractivity contribution is 14.0. The van der Waals surface area contributed by atoms with Gasteiger partial charge in [0, 0.05) is 18.2 Å². The van der Waals surface area contributed by atoms with E-state index in [2.05, 4.69) is 15.5 Å². The predicted octanol–water partition coefficient (Wildman–Crippen LogP) is 3.29. The molecule has 1 aromatic heterocycles. The second-order valence-electron chi connectivity index (χ2n) is 5.36. The summed E-state index contributed by atoms with van der Waals surface area (Å²) < 4.78 is 15.7. The average molecular weight is 460 g/mol. The zero-order chi connectivity index (χ0) is 17.5. The molecule has 7 nitrogen and oxygen atoms in total. The molecule has 25 heavy (non-hydrogen) atoms. The fourth-order valence-corrected chi connectivity index (χ4v) is 2.40. The SMILES string of the molecule is COc1ccc(OC)c(NC(N)=NCCCc2c(C)noc2C)c1.I. The maximum absolute atomic E-state index is 5.95. The summed E-state index contributed by atoms with van der Waals surface area (Å²) in [4.78, 5) is 4.35. The van der Waals surface area contributed by atoms with Gasteiger partial charge in [-0.25, -0.2) is 0 Å². The molecule has 3 N–H and O–H groups in total. The maximum Gasteiger partial charge on any atom is 0.193 e. The van der Waals surface area contributed by atoms with Gasteiger partial charge in [0.1, 0.15) is 17.3 Å². The molecule has 2 aromatic rings. The number of nitrogens with two attached hydrogens (primary N) is 1. The van der Waals surface area contributed by atoms with Gasteiger partial charge in [-0.05, 0) is 38.8 Å². The summed E-state index contributed by atoms with van der Waals surface area (Å²) in [6.07, 6.45) is 1.72. The molecule has 0 atom stereocenters. The van der Waals surface area contributed by atoms with E-state index in [0.717, 1.165) is 29.9 Å². The molecular weight excluding hydrogens is 435 g/mol. The average Bonchev–Trinajstić information content (AvgIpc) is 2.90. The molecule has 0 spiro atoms. The van der Waals surface area contributed by atoms with Crippen LogP contribution in [0.4, 0.5) is 5.69 Å². The number of aliphatic imine (C=N–C) groups is 1. The summed E-state index contributed by atoms with van der Waals surface area (Å²) in [5, 5.41) is 6.99. The van der Waals surface area contributed by atoms with Crippen molar-refractivity contribution in [2.45, 2.75) is 26.7 Å². The third-order valence-corrected chi connectivity index (χ3v) is 3.72. The predicted molar refractivity (Wildman–Crippen MR) is 109 cm³/mol. The summed E-state index contributed by atoms with van der Waals surface area (Å²) in [5.74, 6) is 2.58. The first-order valence-corrected chi connectivity index (χ1v) is 7.76. The van der Waals surface area contributed by atoms with Crippen LogP contribution in [0.3, 0.4) is 0 Å². The maximum atomic E-state index is 5.95. The van der Waals surface area contributed by atoms with Gasteiger partial charge in [0.2, 0.25) is 0 Å². The van der Waals surface area contributed by atoms with Crippen LogP contribution in [-0.2, 0) is 6.42 Å². The van der Waals surface area contributed by atoms with E-state index < -0.39 is 0 Å².